The molecule has 6 rings (SSSR count). The molecule has 0 radical (unpaired) electrons. The number of anilines is 3. The topological polar surface area (TPSA) is 136 Å². The van der Waals surface area contributed by atoms with Crippen LogP contribution in [-0.4, -0.2) is 35.9 Å². The van der Waals surface area contributed by atoms with Gasteiger partial charge in [-0.15, -0.1) is 0 Å². The lowest BCUT2D eigenvalue weighted by Crippen LogP contribution is -2.15. The molecule has 0 saturated carbocycles. The van der Waals surface area contributed by atoms with Crippen LogP contribution in [0.5, 0.6) is 0 Å². The fraction of sp³-hybridized carbons (Fsp3) is 0.0714. The SMILES string of the molecule is Cn1cc(NC(=O)c2cc3ccccc3cn2)cc1C(=O)Nc1cc(-c2nc3ccc(N)cc3[nH]2)n(C)c1. The largest absolute Gasteiger partial charge is 0.399 e. The predicted octanol–water partition coefficient (Wildman–Crippen LogP) is 4.54. The third-order valence-electron chi connectivity index (χ3n) is 6.37. The maximum absolute atomic E-state index is 13.1. The number of rotatable bonds is 5. The van der Waals surface area contributed by atoms with E-state index in [2.05, 4.69) is 25.6 Å². The van der Waals surface area contributed by atoms with Gasteiger partial charge in [0.1, 0.15) is 11.4 Å². The van der Waals surface area contributed by atoms with E-state index in [-0.39, 0.29) is 11.8 Å². The van der Waals surface area contributed by atoms with Gasteiger partial charge >= 0.3 is 0 Å². The zero-order valence-corrected chi connectivity index (χ0v) is 20.7. The summed E-state index contributed by atoms with van der Waals surface area (Å²) in [5.74, 6) is -0.000253. The van der Waals surface area contributed by atoms with Gasteiger partial charge in [-0.25, -0.2) is 4.98 Å². The molecule has 4 heterocycles. The van der Waals surface area contributed by atoms with E-state index in [1.165, 1.54) is 0 Å². The highest BCUT2D eigenvalue weighted by Crippen LogP contribution is 2.26. The molecule has 2 aromatic carbocycles. The molecule has 0 bridgehead atoms. The van der Waals surface area contributed by atoms with Gasteiger partial charge in [0.25, 0.3) is 11.8 Å². The number of H-pyrrole nitrogens is 1. The average Bonchev–Trinajstić information content (AvgIpc) is 3.59. The number of nitrogens with zero attached hydrogens (tertiary/aromatic N) is 4. The highest BCUT2D eigenvalue weighted by Gasteiger charge is 2.17. The van der Waals surface area contributed by atoms with Crippen LogP contribution >= 0.6 is 0 Å². The second-order valence-electron chi connectivity index (χ2n) is 9.14. The number of nitrogens with one attached hydrogen (secondary N) is 3. The normalized spacial score (nSPS) is 11.2. The summed E-state index contributed by atoms with van der Waals surface area (Å²) in [6.07, 6.45) is 5.17. The van der Waals surface area contributed by atoms with Crippen LogP contribution in [0.4, 0.5) is 17.1 Å². The minimum atomic E-state index is -0.353. The van der Waals surface area contributed by atoms with Gasteiger partial charge in [-0.1, -0.05) is 24.3 Å². The van der Waals surface area contributed by atoms with Crippen molar-refractivity contribution < 1.29 is 9.59 Å². The summed E-state index contributed by atoms with van der Waals surface area (Å²) in [4.78, 5) is 38.0. The quantitative estimate of drug-likeness (QED) is 0.256. The Kier molecular flexibility index (Phi) is 5.42. The summed E-state index contributed by atoms with van der Waals surface area (Å²) in [5.41, 5.74) is 10.8. The van der Waals surface area contributed by atoms with Crippen LogP contribution in [0.15, 0.2) is 79.3 Å². The first-order valence-corrected chi connectivity index (χ1v) is 11.9. The van der Waals surface area contributed by atoms with Crippen LogP contribution in [-0.2, 0) is 14.1 Å². The first-order chi connectivity index (χ1) is 18.3. The summed E-state index contributed by atoms with van der Waals surface area (Å²) >= 11 is 0. The first-order valence-electron chi connectivity index (χ1n) is 11.9. The smallest absolute Gasteiger partial charge is 0.274 e. The molecule has 4 aromatic heterocycles. The number of hydrogen-bond donors (Lipinski definition) is 4. The number of aromatic nitrogens is 5. The Labute approximate surface area is 217 Å². The Morgan fingerprint density at radius 3 is 2.45 bits per heavy atom. The monoisotopic (exact) mass is 504 g/mol. The lowest BCUT2D eigenvalue weighted by Gasteiger charge is -2.03. The number of nitrogens with two attached hydrogens (primary N) is 1. The number of carbonyl (C=O) groups excluding carboxylic acids is 2. The fourth-order valence-corrected chi connectivity index (χ4v) is 4.47. The molecule has 10 nitrogen and oxygen atoms in total. The van der Waals surface area contributed by atoms with Crippen LogP contribution in [0.3, 0.4) is 0 Å². The van der Waals surface area contributed by atoms with Gasteiger partial charge in [0.05, 0.1) is 28.1 Å². The van der Waals surface area contributed by atoms with Gasteiger partial charge in [-0.2, -0.15) is 0 Å². The van der Waals surface area contributed by atoms with E-state index in [1.54, 1.807) is 42.2 Å². The molecule has 0 spiro atoms. The number of fused-ring (bicyclic) bond motifs is 2. The number of carbonyl (C=O) groups is 2. The number of imidazole rings is 1. The van der Waals surface area contributed by atoms with Crippen molar-refractivity contribution in [2.24, 2.45) is 14.1 Å². The number of hydrogen-bond acceptors (Lipinski definition) is 5. The first kappa shape index (κ1) is 23.0. The van der Waals surface area contributed by atoms with Gasteiger partial charge in [0, 0.05) is 43.8 Å². The van der Waals surface area contributed by atoms with Crippen molar-refractivity contribution in [3.05, 3.63) is 90.6 Å². The molecule has 0 atom stereocenters. The number of aryl methyl sites for hydroxylation is 2. The molecule has 0 unspecified atom stereocenters. The van der Waals surface area contributed by atoms with Crippen molar-refractivity contribution in [2.45, 2.75) is 0 Å². The summed E-state index contributed by atoms with van der Waals surface area (Å²) in [5, 5.41) is 7.63. The van der Waals surface area contributed by atoms with Crippen molar-refractivity contribution in [3.63, 3.8) is 0 Å². The van der Waals surface area contributed by atoms with E-state index >= 15 is 0 Å². The highest BCUT2D eigenvalue weighted by atomic mass is 16.2. The Hall–Kier alpha value is -5.38. The van der Waals surface area contributed by atoms with E-state index < -0.39 is 0 Å². The number of nitrogen functional groups attached to an aromatic ring is 1. The van der Waals surface area contributed by atoms with Crippen LogP contribution in [0, 0.1) is 0 Å². The molecule has 188 valence electrons. The van der Waals surface area contributed by atoms with Crippen LogP contribution in [0.25, 0.3) is 33.3 Å². The molecule has 0 saturated heterocycles. The summed E-state index contributed by atoms with van der Waals surface area (Å²) in [7, 11) is 3.62. The van der Waals surface area contributed by atoms with Gasteiger partial charge in [0.15, 0.2) is 5.82 Å². The van der Waals surface area contributed by atoms with E-state index in [9.17, 15) is 9.59 Å². The van der Waals surface area contributed by atoms with Gasteiger partial charge in [-0.05, 0) is 41.8 Å². The number of amides is 2. The van der Waals surface area contributed by atoms with Gasteiger partial charge < -0.3 is 30.5 Å². The molecule has 0 aliphatic rings. The maximum Gasteiger partial charge on any atom is 0.274 e. The molecule has 2 amide bonds. The molecular formula is C28H24N8O2. The lowest BCUT2D eigenvalue weighted by molar-refractivity contribution is 0.101. The standard InChI is InChI=1S/C28H24N8O2/c1-35-14-19(11-24(35)26-33-21-8-7-18(29)10-22(21)34-26)32-28(38)25-12-20(15-36(25)2)31-27(37)23-9-16-5-3-4-6-17(16)13-30-23/h3-15H,29H2,1-2H3,(H,31,37)(H,32,38)(H,33,34). The highest BCUT2D eigenvalue weighted by molar-refractivity contribution is 6.07. The van der Waals surface area contributed by atoms with Crippen LogP contribution < -0.4 is 16.4 Å². The Bertz CT molecular complexity index is 1860. The van der Waals surface area contributed by atoms with Gasteiger partial charge in [0.2, 0.25) is 0 Å². The third-order valence-corrected chi connectivity index (χ3v) is 6.37. The van der Waals surface area contributed by atoms with Crippen molar-refractivity contribution in [1.29, 1.82) is 0 Å². The molecule has 0 aliphatic carbocycles. The van der Waals surface area contributed by atoms with Crippen molar-refractivity contribution in [1.82, 2.24) is 24.1 Å². The second-order valence-corrected chi connectivity index (χ2v) is 9.14. The van der Waals surface area contributed by atoms with E-state index in [1.807, 2.05) is 60.3 Å². The molecule has 10 heteroatoms. The van der Waals surface area contributed by atoms with Crippen molar-refractivity contribution in [2.75, 3.05) is 16.4 Å². The lowest BCUT2D eigenvalue weighted by atomic mass is 10.1. The summed E-state index contributed by atoms with van der Waals surface area (Å²) < 4.78 is 3.54. The minimum absolute atomic E-state index is 0.295. The van der Waals surface area contributed by atoms with Crippen LogP contribution in [0.2, 0.25) is 0 Å². The molecule has 5 N–H and O–H groups in total. The molecule has 0 aliphatic heterocycles. The predicted molar refractivity (Wildman–Crippen MR) is 148 cm³/mol. The van der Waals surface area contributed by atoms with Gasteiger partial charge in [-0.3, -0.25) is 14.6 Å². The average molecular weight is 505 g/mol. The second kappa shape index (κ2) is 8.93. The summed E-state index contributed by atoms with van der Waals surface area (Å²) in [6, 6.07) is 18.4. The van der Waals surface area contributed by atoms with Crippen molar-refractivity contribution >= 4 is 50.7 Å². The fourth-order valence-electron chi connectivity index (χ4n) is 4.47. The number of pyridine rings is 1. The zero-order valence-electron chi connectivity index (χ0n) is 20.7. The third kappa shape index (κ3) is 4.24. The molecule has 38 heavy (non-hydrogen) atoms. The van der Waals surface area contributed by atoms with Crippen molar-refractivity contribution in [3.8, 4) is 11.5 Å². The molecular weight excluding hydrogens is 480 g/mol. The molecule has 6 aromatic rings. The summed E-state index contributed by atoms with van der Waals surface area (Å²) in [6.45, 7) is 0. The number of benzene rings is 2. The minimum Gasteiger partial charge on any atom is -0.399 e. The Morgan fingerprint density at radius 2 is 1.61 bits per heavy atom. The Balaban J connectivity index is 1.18. The van der Waals surface area contributed by atoms with E-state index in [0.29, 0.717) is 34.3 Å². The maximum atomic E-state index is 13.1. The van der Waals surface area contributed by atoms with Crippen LogP contribution in [0.1, 0.15) is 21.0 Å². The van der Waals surface area contributed by atoms with E-state index in [0.717, 1.165) is 27.5 Å². The molecule has 0 fully saturated rings. The Morgan fingerprint density at radius 1 is 0.868 bits per heavy atom. The van der Waals surface area contributed by atoms with E-state index in [4.69, 9.17) is 5.73 Å². The zero-order chi connectivity index (χ0) is 26.4. The number of aromatic amines is 1.